The zero-order valence-corrected chi connectivity index (χ0v) is 17.9. The number of aryl methyl sites for hydroxylation is 1. The summed E-state index contributed by atoms with van der Waals surface area (Å²) < 4.78 is 5.53. The van der Waals surface area contributed by atoms with Crippen molar-refractivity contribution in [2.45, 2.75) is 26.2 Å². The fourth-order valence-electron chi connectivity index (χ4n) is 4.06. The summed E-state index contributed by atoms with van der Waals surface area (Å²) >= 11 is 0. The van der Waals surface area contributed by atoms with Crippen molar-refractivity contribution in [3.8, 4) is 5.75 Å². The minimum Gasteiger partial charge on any atom is -0.493 e. The minimum absolute atomic E-state index is 0.0190. The van der Waals surface area contributed by atoms with Crippen LogP contribution in [0.15, 0.2) is 48.5 Å². The number of anilines is 1. The molecule has 0 aliphatic carbocycles. The molecule has 4 rings (SSSR count). The summed E-state index contributed by atoms with van der Waals surface area (Å²) in [5.41, 5.74) is 4.13. The first-order valence-corrected chi connectivity index (χ1v) is 10.9. The number of nitrogens with zero attached hydrogens (tertiary/aromatic N) is 1. The van der Waals surface area contributed by atoms with Crippen LogP contribution in [0.25, 0.3) is 6.08 Å². The number of hydrogen-bond donors (Lipinski definition) is 2. The summed E-state index contributed by atoms with van der Waals surface area (Å²) in [6.07, 6.45) is 6.39. The second kappa shape index (κ2) is 9.69. The van der Waals surface area contributed by atoms with Crippen LogP contribution >= 0.6 is 0 Å². The third kappa shape index (κ3) is 5.66. The lowest BCUT2D eigenvalue weighted by Gasteiger charge is -2.32. The molecule has 3 amide bonds. The van der Waals surface area contributed by atoms with E-state index in [1.807, 2.05) is 54.3 Å². The maximum absolute atomic E-state index is 12.7. The van der Waals surface area contributed by atoms with Gasteiger partial charge in [-0.05, 0) is 67.2 Å². The van der Waals surface area contributed by atoms with E-state index < -0.39 is 0 Å². The lowest BCUT2D eigenvalue weighted by atomic mass is 9.98. The lowest BCUT2D eigenvalue weighted by Crippen LogP contribution is -2.43. The molecule has 0 radical (unpaired) electrons. The van der Waals surface area contributed by atoms with Gasteiger partial charge in [0.15, 0.2) is 0 Å². The van der Waals surface area contributed by atoms with Crippen molar-refractivity contribution in [2.75, 3.05) is 31.6 Å². The second-order valence-corrected chi connectivity index (χ2v) is 8.29. The van der Waals surface area contributed by atoms with E-state index in [0.29, 0.717) is 13.1 Å². The average molecular weight is 420 g/mol. The standard InChI is InChI=1S/C25H29N3O3/c1-18-4-8-22(9-5-18)27-25(30)26-16-20-3-2-13-28(17-20)24(29)11-7-19-6-10-23-21(15-19)12-14-31-23/h4-11,15,20H,2-3,12-14,16-17H2,1H3,(H2,26,27,30)/b11-7+. The molecule has 0 saturated carbocycles. The van der Waals surface area contributed by atoms with Gasteiger partial charge < -0.3 is 20.3 Å². The van der Waals surface area contributed by atoms with Crippen LogP contribution in [0.4, 0.5) is 10.5 Å². The van der Waals surface area contributed by atoms with Gasteiger partial charge in [-0.25, -0.2) is 4.79 Å². The molecular weight excluding hydrogens is 390 g/mol. The molecule has 1 saturated heterocycles. The van der Waals surface area contributed by atoms with Crippen LogP contribution in [0.2, 0.25) is 0 Å². The zero-order valence-electron chi connectivity index (χ0n) is 17.9. The highest BCUT2D eigenvalue weighted by Gasteiger charge is 2.23. The fraction of sp³-hybridized carbons (Fsp3) is 0.360. The molecule has 1 atom stereocenters. The molecular formula is C25H29N3O3. The smallest absolute Gasteiger partial charge is 0.319 e. The Balaban J connectivity index is 1.25. The molecule has 2 aliphatic rings. The third-order valence-corrected chi connectivity index (χ3v) is 5.82. The summed E-state index contributed by atoms with van der Waals surface area (Å²) in [5, 5.41) is 5.79. The van der Waals surface area contributed by atoms with E-state index in [1.165, 1.54) is 5.56 Å². The van der Waals surface area contributed by atoms with Gasteiger partial charge in [0, 0.05) is 37.8 Å². The molecule has 31 heavy (non-hydrogen) atoms. The highest BCUT2D eigenvalue weighted by atomic mass is 16.5. The highest BCUT2D eigenvalue weighted by Crippen LogP contribution is 2.26. The Labute approximate surface area is 183 Å². The maximum Gasteiger partial charge on any atom is 0.319 e. The van der Waals surface area contributed by atoms with E-state index in [9.17, 15) is 9.59 Å². The van der Waals surface area contributed by atoms with E-state index >= 15 is 0 Å². The molecule has 2 heterocycles. The molecule has 0 bridgehead atoms. The number of nitrogens with one attached hydrogen (secondary N) is 2. The number of benzene rings is 2. The number of urea groups is 1. The Morgan fingerprint density at radius 3 is 2.87 bits per heavy atom. The first-order valence-electron chi connectivity index (χ1n) is 10.9. The molecule has 2 aromatic rings. The van der Waals surface area contributed by atoms with Crippen molar-refractivity contribution in [1.29, 1.82) is 0 Å². The topological polar surface area (TPSA) is 70.7 Å². The number of amides is 3. The van der Waals surface area contributed by atoms with Crippen molar-refractivity contribution in [2.24, 2.45) is 5.92 Å². The molecule has 6 heteroatoms. The SMILES string of the molecule is Cc1ccc(NC(=O)NCC2CCCN(C(=O)/C=C/c3ccc4c(c3)CCO4)C2)cc1. The summed E-state index contributed by atoms with van der Waals surface area (Å²) in [6, 6.07) is 13.5. The lowest BCUT2D eigenvalue weighted by molar-refractivity contribution is -0.127. The van der Waals surface area contributed by atoms with Crippen molar-refractivity contribution in [3.05, 3.63) is 65.2 Å². The van der Waals surface area contributed by atoms with Crippen LogP contribution in [-0.4, -0.2) is 43.1 Å². The minimum atomic E-state index is -0.215. The summed E-state index contributed by atoms with van der Waals surface area (Å²) in [6.45, 7) is 4.71. The first-order chi connectivity index (χ1) is 15.1. The number of rotatable bonds is 5. The van der Waals surface area contributed by atoms with Crippen molar-refractivity contribution in [1.82, 2.24) is 10.2 Å². The monoisotopic (exact) mass is 419 g/mol. The average Bonchev–Trinajstić information content (AvgIpc) is 3.26. The zero-order chi connectivity index (χ0) is 21.6. The number of likely N-dealkylation sites (tertiary alicyclic amines) is 1. The Kier molecular flexibility index (Phi) is 6.55. The Morgan fingerprint density at radius 2 is 2.03 bits per heavy atom. The largest absolute Gasteiger partial charge is 0.493 e. The first kappa shape index (κ1) is 21.0. The number of hydrogen-bond acceptors (Lipinski definition) is 3. The molecule has 0 spiro atoms. The van der Waals surface area contributed by atoms with Gasteiger partial charge in [0.05, 0.1) is 6.61 Å². The van der Waals surface area contributed by atoms with Gasteiger partial charge in [-0.3, -0.25) is 4.79 Å². The number of carbonyl (C=O) groups is 2. The van der Waals surface area contributed by atoms with E-state index in [4.69, 9.17) is 4.74 Å². The molecule has 1 unspecified atom stereocenters. The van der Waals surface area contributed by atoms with Gasteiger partial charge in [-0.15, -0.1) is 0 Å². The van der Waals surface area contributed by atoms with Crippen LogP contribution in [0, 0.1) is 12.8 Å². The van der Waals surface area contributed by atoms with E-state index in [-0.39, 0.29) is 17.9 Å². The summed E-state index contributed by atoms with van der Waals surface area (Å²) in [4.78, 5) is 26.7. The van der Waals surface area contributed by atoms with Crippen molar-refractivity contribution >= 4 is 23.7 Å². The van der Waals surface area contributed by atoms with Crippen LogP contribution in [-0.2, 0) is 11.2 Å². The van der Waals surface area contributed by atoms with Crippen LogP contribution in [0.3, 0.4) is 0 Å². The van der Waals surface area contributed by atoms with Gasteiger partial charge in [-0.2, -0.15) is 0 Å². The highest BCUT2D eigenvalue weighted by molar-refractivity contribution is 5.92. The molecule has 1 fully saturated rings. The fourth-order valence-corrected chi connectivity index (χ4v) is 4.06. The predicted molar refractivity (Wildman–Crippen MR) is 122 cm³/mol. The van der Waals surface area contributed by atoms with Crippen LogP contribution < -0.4 is 15.4 Å². The Hall–Kier alpha value is -3.28. The van der Waals surface area contributed by atoms with Crippen LogP contribution in [0.1, 0.15) is 29.5 Å². The van der Waals surface area contributed by atoms with Crippen molar-refractivity contribution in [3.63, 3.8) is 0 Å². The van der Waals surface area contributed by atoms with E-state index in [1.54, 1.807) is 6.08 Å². The van der Waals surface area contributed by atoms with Gasteiger partial charge in [0.1, 0.15) is 5.75 Å². The molecule has 2 aromatic carbocycles. The number of carbonyl (C=O) groups excluding carboxylic acids is 2. The van der Waals surface area contributed by atoms with Gasteiger partial charge >= 0.3 is 6.03 Å². The number of fused-ring (bicyclic) bond motifs is 1. The van der Waals surface area contributed by atoms with Gasteiger partial charge in [-0.1, -0.05) is 23.8 Å². The Bertz CT molecular complexity index is 968. The third-order valence-electron chi connectivity index (χ3n) is 5.82. The van der Waals surface area contributed by atoms with Gasteiger partial charge in [0.2, 0.25) is 5.91 Å². The predicted octanol–water partition coefficient (Wildman–Crippen LogP) is 4.00. The Morgan fingerprint density at radius 1 is 1.19 bits per heavy atom. The van der Waals surface area contributed by atoms with E-state index in [2.05, 4.69) is 16.7 Å². The van der Waals surface area contributed by atoms with E-state index in [0.717, 1.165) is 55.0 Å². The molecule has 162 valence electrons. The summed E-state index contributed by atoms with van der Waals surface area (Å²) in [5.74, 6) is 1.22. The molecule has 2 N–H and O–H groups in total. The maximum atomic E-state index is 12.7. The quantitative estimate of drug-likeness (QED) is 0.720. The van der Waals surface area contributed by atoms with Gasteiger partial charge in [0.25, 0.3) is 0 Å². The molecule has 6 nitrogen and oxygen atoms in total. The number of piperidine rings is 1. The second-order valence-electron chi connectivity index (χ2n) is 8.29. The number of ether oxygens (including phenoxy) is 1. The molecule has 0 aromatic heterocycles. The molecule has 2 aliphatic heterocycles. The summed E-state index contributed by atoms with van der Waals surface area (Å²) in [7, 11) is 0. The van der Waals surface area contributed by atoms with Crippen LogP contribution in [0.5, 0.6) is 5.75 Å². The van der Waals surface area contributed by atoms with Crippen molar-refractivity contribution < 1.29 is 14.3 Å². The normalized spacial score (nSPS) is 17.8.